The van der Waals surface area contributed by atoms with Crippen LogP contribution in [0.1, 0.15) is 30.4 Å². The third-order valence-corrected chi connectivity index (χ3v) is 5.19. The SMILES string of the molecule is c1cc2c(cc1CN1CCC(N3CCCC3)C1)NCC2. The number of likely N-dealkylation sites (tertiary alicyclic amines) is 2. The predicted octanol–water partition coefficient (Wildman–Crippen LogP) is 2.32. The lowest BCUT2D eigenvalue weighted by molar-refractivity contribution is 0.230. The van der Waals surface area contributed by atoms with Gasteiger partial charge in [-0.2, -0.15) is 0 Å². The average molecular weight is 271 g/mol. The molecule has 3 heterocycles. The van der Waals surface area contributed by atoms with Gasteiger partial charge in [0.25, 0.3) is 0 Å². The summed E-state index contributed by atoms with van der Waals surface area (Å²) in [4.78, 5) is 5.35. The Labute approximate surface area is 121 Å². The maximum atomic E-state index is 3.49. The first kappa shape index (κ1) is 12.7. The second kappa shape index (κ2) is 5.38. The minimum absolute atomic E-state index is 0.824. The van der Waals surface area contributed by atoms with Crippen LogP contribution in [-0.4, -0.2) is 48.6 Å². The lowest BCUT2D eigenvalue weighted by Gasteiger charge is -2.23. The molecule has 1 unspecified atom stereocenters. The number of benzene rings is 1. The standard InChI is InChI=1S/C17H25N3/c1-2-9-20(8-1)16-6-10-19(13-16)12-14-3-4-15-5-7-18-17(15)11-14/h3-4,11,16,18H,1-2,5-10,12-13H2. The molecular formula is C17H25N3. The number of anilines is 1. The monoisotopic (exact) mass is 271 g/mol. The minimum Gasteiger partial charge on any atom is -0.384 e. The molecule has 0 aliphatic carbocycles. The van der Waals surface area contributed by atoms with Gasteiger partial charge in [0.2, 0.25) is 0 Å². The molecule has 0 bridgehead atoms. The Morgan fingerprint density at radius 2 is 2.05 bits per heavy atom. The van der Waals surface area contributed by atoms with E-state index in [1.807, 2.05) is 0 Å². The number of fused-ring (bicyclic) bond motifs is 1. The predicted molar refractivity (Wildman–Crippen MR) is 83.1 cm³/mol. The van der Waals surface area contributed by atoms with Crippen LogP contribution >= 0.6 is 0 Å². The highest BCUT2D eigenvalue weighted by Crippen LogP contribution is 2.26. The molecule has 2 fully saturated rings. The van der Waals surface area contributed by atoms with Crippen molar-refractivity contribution in [2.45, 2.75) is 38.3 Å². The van der Waals surface area contributed by atoms with Crippen LogP contribution in [0.3, 0.4) is 0 Å². The maximum Gasteiger partial charge on any atom is 0.0376 e. The lowest BCUT2D eigenvalue weighted by atomic mass is 10.1. The summed E-state index contributed by atoms with van der Waals surface area (Å²) in [7, 11) is 0. The zero-order chi connectivity index (χ0) is 13.4. The Morgan fingerprint density at radius 3 is 2.95 bits per heavy atom. The summed E-state index contributed by atoms with van der Waals surface area (Å²) >= 11 is 0. The van der Waals surface area contributed by atoms with Gasteiger partial charge in [-0.1, -0.05) is 12.1 Å². The summed E-state index contributed by atoms with van der Waals surface area (Å²) < 4.78 is 0. The molecule has 0 spiro atoms. The largest absolute Gasteiger partial charge is 0.384 e. The molecule has 2 saturated heterocycles. The van der Waals surface area contributed by atoms with Gasteiger partial charge in [0.15, 0.2) is 0 Å². The summed E-state index contributed by atoms with van der Waals surface area (Å²) in [5.74, 6) is 0. The Bertz CT molecular complexity index is 479. The van der Waals surface area contributed by atoms with Gasteiger partial charge < -0.3 is 5.32 Å². The molecule has 108 valence electrons. The van der Waals surface area contributed by atoms with Crippen LogP contribution in [0.5, 0.6) is 0 Å². The molecule has 1 atom stereocenters. The summed E-state index contributed by atoms with van der Waals surface area (Å²) in [6.07, 6.45) is 5.37. The van der Waals surface area contributed by atoms with Crippen molar-refractivity contribution in [1.29, 1.82) is 0 Å². The van der Waals surface area contributed by atoms with E-state index in [9.17, 15) is 0 Å². The molecule has 3 aliphatic heterocycles. The Kier molecular flexibility index (Phi) is 3.41. The second-order valence-electron chi connectivity index (χ2n) is 6.59. The van der Waals surface area contributed by atoms with Gasteiger partial charge in [0.05, 0.1) is 0 Å². The van der Waals surface area contributed by atoms with Crippen molar-refractivity contribution in [3.63, 3.8) is 0 Å². The number of hydrogen-bond donors (Lipinski definition) is 1. The van der Waals surface area contributed by atoms with Crippen molar-refractivity contribution < 1.29 is 0 Å². The van der Waals surface area contributed by atoms with E-state index in [-0.39, 0.29) is 0 Å². The summed E-state index contributed by atoms with van der Waals surface area (Å²) in [5, 5.41) is 3.49. The fourth-order valence-corrected chi connectivity index (χ4v) is 4.06. The van der Waals surface area contributed by atoms with Crippen LogP contribution in [-0.2, 0) is 13.0 Å². The average Bonchev–Trinajstić information content (AvgIpc) is 3.19. The molecular weight excluding hydrogens is 246 g/mol. The van der Waals surface area contributed by atoms with Gasteiger partial charge in [0, 0.05) is 37.9 Å². The van der Waals surface area contributed by atoms with E-state index >= 15 is 0 Å². The highest BCUT2D eigenvalue weighted by atomic mass is 15.3. The summed E-state index contributed by atoms with van der Waals surface area (Å²) in [6, 6.07) is 7.84. The van der Waals surface area contributed by atoms with E-state index in [2.05, 4.69) is 33.3 Å². The van der Waals surface area contributed by atoms with Crippen LogP contribution in [0, 0.1) is 0 Å². The van der Waals surface area contributed by atoms with Crippen molar-refractivity contribution in [2.75, 3.05) is 38.0 Å². The molecule has 0 radical (unpaired) electrons. The van der Waals surface area contributed by atoms with Gasteiger partial charge in [-0.15, -0.1) is 0 Å². The number of rotatable bonds is 3. The quantitative estimate of drug-likeness (QED) is 0.910. The molecule has 4 rings (SSSR count). The van der Waals surface area contributed by atoms with Crippen molar-refractivity contribution >= 4 is 5.69 Å². The fourth-order valence-electron chi connectivity index (χ4n) is 4.06. The van der Waals surface area contributed by atoms with Crippen molar-refractivity contribution in [3.8, 4) is 0 Å². The molecule has 3 nitrogen and oxygen atoms in total. The topological polar surface area (TPSA) is 18.5 Å². The molecule has 1 aromatic rings. The van der Waals surface area contributed by atoms with Crippen LogP contribution in [0.2, 0.25) is 0 Å². The van der Waals surface area contributed by atoms with E-state index in [1.165, 1.54) is 68.7 Å². The van der Waals surface area contributed by atoms with Crippen molar-refractivity contribution in [3.05, 3.63) is 29.3 Å². The molecule has 1 aromatic carbocycles. The maximum absolute atomic E-state index is 3.49. The van der Waals surface area contributed by atoms with Crippen LogP contribution in [0.25, 0.3) is 0 Å². The molecule has 1 N–H and O–H groups in total. The van der Waals surface area contributed by atoms with E-state index < -0.39 is 0 Å². The zero-order valence-electron chi connectivity index (χ0n) is 12.3. The number of nitrogens with zero attached hydrogens (tertiary/aromatic N) is 2. The van der Waals surface area contributed by atoms with Gasteiger partial charge in [-0.25, -0.2) is 0 Å². The first-order chi connectivity index (χ1) is 9.88. The van der Waals surface area contributed by atoms with Crippen molar-refractivity contribution in [1.82, 2.24) is 9.80 Å². The molecule has 0 aromatic heterocycles. The van der Waals surface area contributed by atoms with Gasteiger partial charge in [-0.05, 0) is 56.0 Å². The smallest absolute Gasteiger partial charge is 0.0376 e. The third kappa shape index (κ3) is 2.45. The molecule has 3 aliphatic rings. The van der Waals surface area contributed by atoms with Gasteiger partial charge in [-0.3, -0.25) is 9.80 Å². The molecule has 0 amide bonds. The first-order valence-corrected chi connectivity index (χ1v) is 8.20. The molecule has 20 heavy (non-hydrogen) atoms. The Balaban J connectivity index is 1.37. The number of hydrogen-bond acceptors (Lipinski definition) is 3. The van der Waals surface area contributed by atoms with Gasteiger partial charge >= 0.3 is 0 Å². The van der Waals surface area contributed by atoms with E-state index in [4.69, 9.17) is 0 Å². The highest BCUT2D eigenvalue weighted by Gasteiger charge is 2.29. The van der Waals surface area contributed by atoms with E-state index in [0.29, 0.717) is 0 Å². The summed E-state index contributed by atoms with van der Waals surface area (Å²) in [5.41, 5.74) is 4.34. The lowest BCUT2D eigenvalue weighted by Crippen LogP contribution is -2.35. The first-order valence-electron chi connectivity index (χ1n) is 8.20. The molecule has 3 heteroatoms. The van der Waals surface area contributed by atoms with E-state index in [1.54, 1.807) is 0 Å². The summed E-state index contributed by atoms with van der Waals surface area (Å²) in [6.45, 7) is 7.44. The van der Waals surface area contributed by atoms with Crippen LogP contribution in [0.15, 0.2) is 18.2 Å². The number of nitrogens with one attached hydrogen (secondary N) is 1. The zero-order valence-corrected chi connectivity index (χ0v) is 12.3. The normalized spacial score (nSPS) is 26.9. The fraction of sp³-hybridized carbons (Fsp3) is 0.647. The Morgan fingerprint density at radius 1 is 1.15 bits per heavy atom. The van der Waals surface area contributed by atoms with Crippen LogP contribution in [0.4, 0.5) is 5.69 Å². The van der Waals surface area contributed by atoms with Gasteiger partial charge in [0.1, 0.15) is 0 Å². The van der Waals surface area contributed by atoms with Crippen LogP contribution < -0.4 is 5.32 Å². The van der Waals surface area contributed by atoms with E-state index in [0.717, 1.165) is 19.1 Å². The molecule has 0 saturated carbocycles. The van der Waals surface area contributed by atoms with Crippen molar-refractivity contribution in [2.24, 2.45) is 0 Å². The minimum atomic E-state index is 0.824. The highest BCUT2D eigenvalue weighted by molar-refractivity contribution is 5.57. The Hall–Kier alpha value is -1.06. The third-order valence-electron chi connectivity index (χ3n) is 5.19. The second-order valence-corrected chi connectivity index (χ2v) is 6.59.